The largest absolute Gasteiger partial charge is 0.351 e. The molecule has 2 aromatic rings. The van der Waals surface area contributed by atoms with Crippen LogP contribution in [-0.4, -0.2) is 43.6 Å². The van der Waals surface area contributed by atoms with Gasteiger partial charge in [-0.25, -0.2) is 8.42 Å². The molecule has 29 heavy (non-hydrogen) atoms. The number of sulfone groups is 1. The zero-order chi connectivity index (χ0) is 21.1. The van der Waals surface area contributed by atoms with Gasteiger partial charge < -0.3 is 10.6 Å². The molecule has 2 amide bonds. The quantitative estimate of drug-likeness (QED) is 0.464. The van der Waals surface area contributed by atoms with E-state index < -0.39 is 33.4 Å². The van der Waals surface area contributed by atoms with Crippen LogP contribution in [0.5, 0.6) is 0 Å². The van der Waals surface area contributed by atoms with Gasteiger partial charge >= 0.3 is 0 Å². The number of hydrogen-bond donors (Lipinski definition) is 2. The Morgan fingerprint density at radius 1 is 1.14 bits per heavy atom. The first kappa shape index (κ1) is 21.8. The number of pyridine rings is 1. The molecule has 150 valence electrons. The minimum absolute atomic E-state index is 0.328. The predicted octanol–water partition coefficient (Wildman–Crippen LogP) is 0.834. The van der Waals surface area contributed by atoms with E-state index in [0.717, 1.165) is 0 Å². The molecular formula is C20H20N4O4S. The summed E-state index contributed by atoms with van der Waals surface area (Å²) in [6, 6.07) is 13.6. The minimum Gasteiger partial charge on any atom is -0.351 e. The molecular weight excluding hydrogens is 392 g/mol. The van der Waals surface area contributed by atoms with Crippen molar-refractivity contribution in [2.24, 2.45) is 0 Å². The molecule has 0 aliphatic carbocycles. The topological polar surface area (TPSA) is 129 Å². The van der Waals surface area contributed by atoms with Gasteiger partial charge in [-0.1, -0.05) is 36.4 Å². The van der Waals surface area contributed by atoms with E-state index in [1.54, 1.807) is 60.9 Å². The molecule has 1 aromatic carbocycles. The number of aromatic nitrogens is 1. The maximum Gasteiger partial charge on any atom is 0.244 e. The van der Waals surface area contributed by atoms with E-state index in [-0.39, 0.29) is 12.3 Å². The Balaban J connectivity index is 2.09. The van der Waals surface area contributed by atoms with Crippen LogP contribution in [0.3, 0.4) is 0 Å². The fourth-order valence-corrected chi connectivity index (χ4v) is 4.03. The van der Waals surface area contributed by atoms with Gasteiger partial charge in [0.05, 0.1) is 11.8 Å². The van der Waals surface area contributed by atoms with E-state index in [9.17, 15) is 18.0 Å². The summed E-state index contributed by atoms with van der Waals surface area (Å²) in [4.78, 5) is 28.3. The Kier molecular flexibility index (Phi) is 8.06. The lowest BCUT2D eigenvalue weighted by Gasteiger charge is -2.17. The number of rotatable bonds is 9. The number of carbonyl (C=O) groups excluding carboxylic acids is 2. The maximum atomic E-state index is 12.8. The zero-order valence-electron chi connectivity index (χ0n) is 15.5. The molecule has 0 aliphatic rings. The van der Waals surface area contributed by atoms with Crippen LogP contribution in [0.1, 0.15) is 11.1 Å². The molecule has 0 fully saturated rings. The summed E-state index contributed by atoms with van der Waals surface area (Å²) in [7, 11) is -3.94. The van der Waals surface area contributed by atoms with Crippen LogP contribution in [0.2, 0.25) is 0 Å². The first-order valence-corrected chi connectivity index (χ1v) is 10.4. The summed E-state index contributed by atoms with van der Waals surface area (Å²) >= 11 is 0. The third-order valence-corrected chi connectivity index (χ3v) is 5.83. The van der Waals surface area contributed by atoms with Crippen molar-refractivity contribution in [1.82, 2.24) is 15.6 Å². The normalized spacial score (nSPS) is 12.1. The molecule has 0 spiro atoms. The molecule has 0 saturated heterocycles. The third kappa shape index (κ3) is 7.20. The SMILES string of the molecule is N#CCNC(=O)C(CNC(=O)C=Cc1cccnc1)S(=O)(=O)Cc1ccccc1. The second-order valence-electron chi connectivity index (χ2n) is 6.02. The second kappa shape index (κ2) is 10.7. The first-order chi connectivity index (χ1) is 13.9. The van der Waals surface area contributed by atoms with E-state index in [1.165, 1.54) is 12.2 Å². The van der Waals surface area contributed by atoms with Crippen LogP contribution < -0.4 is 10.6 Å². The number of nitrogens with one attached hydrogen (secondary N) is 2. The first-order valence-electron chi connectivity index (χ1n) is 8.68. The van der Waals surface area contributed by atoms with Crippen LogP contribution in [0, 0.1) is 11.3 Å². The van der Waals surface area contributed by atoms with Crippen LogP contribution in [0.25, 0.3) is 6.08 Å². The average Bonchev–Trinajstić information content (AvgIpc) is 2.71. The molecule has 0 radical (unpaired) electrons. The predicted molar refractivity (Wildman–Crippen MR) is 108 cm³/mol. The summed E-state index contributed by atoms with van der Waals surface area (Å²) < 4.78 is 25.6. The molecule has 9 heteroatoms. The van der Waals surface area contributed by atoms with Crippen molar-refractivity contribution in [3.8, 4) is 6.07 Å². The summed E-state index contributed by atoms with van der Waals surface area (Å²) in [5.41, 5.74) is 1.22. The molecule has 1 heterocycles. The van der Waals surface area contributed by atoms with Crippen molar-refractivity contribution in [2.45, 2.75) is 11.0 Å². The molecule has 1 unspecified atom stereocenters. The smallest absolute Gasteiger partial charge is 0.244 e. The van der Waals surface area contributed by atoms with Crippen LogP contribution in [-0.2, 0) is 25.2 Å². The van der Waals surface area contributed by atoms with Gasteiger partial charge in [-0.2, -0.15) is 5.26 Å². The van der Waals surface area contributed by atoms with Gasteiger partial charge in [0.1, 0.15) is 6.54 Å². The zero-order valence-corrected chi connectivity index (χ0v) is 16.3. The molecule has 1 aromatic heterocycles. The summed E-state index contributed by atoms with van der Waals surface area (Å²) in [6.07, 6.45) is 5.91. The van der Waals surface area contributed by atoms with E-state index in [4.69, 9.17) is 5.26 Å². The van der Waals surface area contributed by atoms with Crippen molar-refractivity contribution in [3.05, 3.63) is 72.1 Å². The van der Waals surface area contributed by atoms with Crippen molar-refractivity contribution in [1.29, 1.82) is 5.26 Å². The Bertz CT molecular complexity index is 1000. The fourth-order valence-electron chi connectivity index (χ4n) is 2.43. The van der Waals surface area contributed by atoms with Crippen molar-refractivity contribution < 1.29 is 18.0 Å². The minimum atomic E-state index is -3.94. The summed E-state index contributed by atoms with van der Waals surface area (Å²) in [5, 5.41) is 11.8. The molecule has 0 bridgehead atoms. The van der Waals surface area contributed by atoms with Gasteiger partial charge in [0.2, 0.25) is 11.8 Å². The molecule has 2 N–H and O–H groups in total. The van der Waals surface area contributed by atoms with Crippen LogP contribution >= 0.6 is 0 Å². The third-order valence-electron chi connectivity index (χ3n) is 3.85. The van der Waals surface area contributed by atoms with Crippen molar-refractivity contribution in [3.63, 3.8) is 0 Å². The van der Waals surface area contributed by atoms with E-state index in [0.29, 0.717) is 11.1 Å². The molecule has 1 atom stereocenters. The van der Waals surface area contributed by atoms with Gasteiger partial charge in [0.25, 0.3) is 0 Å². The number of amides is 2. The number of hydrogen-bond acceptors (Lipinski definition) is 6. The Hall–Kier alpha value is -3.51. The summed E-state index contributed by atoms with van der Waals surface area (Å²) in [5.74, 6) is -1.75. The molecule has 2 rings (SSSR count). The fraction of sp³-hybridized carbons (Fsp3) is 0.200. The highest BCUT2D eigenvalue weighted by Gasteiger charge is 2.32. The van der Waals surface area contributed by atoms with Crippen LogP contribution in [0.15, 0.2) is 60.9 Å². The highest BCUT2D eigenvalue weighted by molar-refractivity contribution is 7.92. The van der Waals surface area contributed by atoms with Gasteiger partial charge in [0, 0.05) is 25.0 Å². The standard InChI is InChI=1S/C20H20N4O4S/c21-10-12-23-20(26)18(29(27,28)15-17-5-2-1-3-6-17)14-24-19(25)9-8-16-7-4-11-22-13-16/h1-9,11,13,18H,12,14-15H2,(H,23,26)(H,24,25). The lowest BCUT2D eigenvalue weighted by Crippen LogP contribution is -2.47. The number of nitriles is 1. The Morgan fingerprint density at radius 2 is 1.90 bits per heavy atom. The summed E-state index contributed by atoms with van der Waals surface area (Å²) in [6.45, 7) is -0.742. The van der Waals surface area contributed by atoms with E-state index in [1.807, 2.05) is 0 Å². The highest BCUT2D eigenvalue weighted by atomic mass is 32.2. The van der Waals surface area contributed by atoms with Gasteiger partial charge in [-0.05, 0) is 23.3 Å². The molecule has 0 saturated carbocycles. The monoisotopic (exact) mass is 412 g/mol. The van der Waals surface area contributed by atoms with Gasteiger partial charge in [-0.3, -0.25) is 14.6 Å². The van der Waals surface area contributed by atoms with E-state index in [2.05, 4.69) is 15.6 Å². The van der Waals surface area contributed by atoms with Crippen molar-refractivity contribution >= 4 is 27.7 Å². The Labute approximate surface area is 169 Å². The number of benzene rings is 1. The highest BCUT2D eigenvalue weighted by Crippen LogP contribution is 2.12. The lowest BCUT2D eigenvalue weighted by molar-refractivity contribution is -0.120. The average molecular weight is 412 g/mol. The molecule has 0 aliphatic heterocycles. The number of carbonyl (C=O) groups is 2. The number of nitrogens with zero attached hydrogens (tertiary/aromatic N) is 2. The van der Waals surface area contributed by atoms with Crippen LogP contribution in [0.4, 0.5) is 0 Å². The second-order valence-corrected chi connectivity index (χ2v) is 8.21. The lowest BCUT2D eigenvalue weighted by atomic mass is 10.2. The maximum absolute atomic E-state index is 12.8. The molecule has 8 nitrogen and oxygen atoms in total. The Morgan fingerprint density at radius 3 is 2.55 bits per heavy atom. The van der Waals surface area contributed by atoms with Gasteiger partial charge in [-0.15, -0.1) is 0 Å². The van der Waals surface area contributed by atoms with Gasteiger partial charge in [0.15, 0.2) is 15.1 Å². The van der Waals surface area contributed by atoms with E-state index >= 15 is 0 Å². The van der Waals surface area contributed by atoms with Crippen molar-refractivity contribution in [2.75, 3.05) is 13.1 Å².